The van der Waals surface area contributed by atoms with E-state index in [0.29, 0.717) is 12.2 Å². The second-order valence-corrected chi connectivity index (χ2v) is 5.40. The normalized spacial score (nSPS) is 12.2. The van der Waals surface area contributed by atoms with Gasteiger partial charge in [0.15, 0.2) is 11.8 Å². The number of hydrogen-bond donors (Lipinski definition) is 1. The molecule has 1 atom stereocenters. The molecule has 2 rings (SSSR count). The zero-order valence-corrected chi connectivity index (χ0v) is 13.4. The van der Waals surface area contributed by atoms with Crippen LogP contribution in [0.15, 0.2) is 31.1 Å². The van der Waals surface area contributed by atoms with E-state index in [-0.39, 0.29) is 17.5 Å². The Morgan fingerprint density at radius 3 is 2.78 bits per heavy atom. The van der Waals surface area contributed by atoms with Gasteiger partial charge in [0.05, 0.1) is 11.8 Å². The monoisotopic (exact) mass is 316 g/mol. The highest BCUT2D eigenvalue weighted by atomic mass is 16.5. The molecule has 1 amide bonds. The van der Waals surface area contributed by atoms with E-state index in [1.165, 1.54) is 13.1 Å². The third kappa shape index (κ3) is 3.74. The molecule has 1 unspecified atom stereocenters. The van der Waals surface area contributed by atoms with Crippen LogP contribution in [-0.4, -0.2) is 39.3 Å². The van der Waals surface area contributed by atoms with Crippen molar-refractivity contribution in [2.45, 2.75) is 32.9 Å². The van der Waals surface area contributed by atoms with E-state index >= 15 is 0 Å². The Hall–Kier alpha value is -2.70. The van der Waals surface area contributed by atoms with Crippen LogP contribution in [0.3, 0.4) is 0 Å². The Bertz CT molecular complexity index is 736. The average Bonchev–Trinajstić information content (AvgIpc) is 2.95. The van der Waals surface area contributed by atoms with Crippen LogP contribution in [0.4, 0.5) is 0 Å². The van der Waals surface area contributed by atoms with Crippen LogP contribution in [-0.2, 0) is 9.53 Å². The molecule has 0 aliphatic carbocycles. The maximum atomic E-state index is 12.1. The molecule has 0 bridgehead atoms. The number of amides is 1. The molecule has 2 heterocycles. The van der Waals surface area contributed by atoms with Crippen molar-refractivity contribution >= 4 is 22.9 Å². The van der Waals surface area contributed by atoms with Crippen molar-refractivity contribution in [2.75, 3.05) is 6.54 Å². The zero-order chi connectivity index (χ0) is 17.0. The van der Waals surface area contributed by atoms with Crippen molar-refractivity contribution < 1.29 is 14.3 Å². The predicted octanol–water partition coefficient (Wildman–Crippen LogP) is 1.86. The Morgan fingerprint density at radius 1 is 1.39 bits per heavy atom. The second kappa shape index (κ2) is 7.04. The first-order chi connectivity index (χ1) is 10.9. The van der Waals surface area contributed by atoms with Gasteiger partial charge in [-0.1, -0.05) is 6.08 Å². The molecule has 122 valence electrons. The van der Waals surface area contributed by atoms with Gasteiger partial charge in [-0.15, -0.1) is 6.58 Å². The first kappa shape index (κ1) is 16.7. The highest BCUT2D eigenvalue weighted by Crippen LogP contribution is 2.17. The summed E-state index contributed by atoms with van der Waals surface area (Å²) in [7, 11) is 0. The number of rotatable bonds is 6. The summed E-state index contributed by atoms with van der Waals surface area (Å²) in [6.45, 7) is 9.34. The van der Waals surface area contributed by atoms with Crippen LogP contribution >= 0.6 is 0 Å². The van der Waals surface area contributed by atoms with Gasteiger partial charge in [-0.25, -0.2) is 14.5 Å². The van der Waals surface area contributed by atoms with Crippen LogP contribution in [0.1, 0.15) is 37.2 Å². The van der Waals surface area contributed by atoms with Gasteiger partial charge in [0.2, 0.25) is 0 Å². The van der Waals surface area contributed by atoms with Gasteiger partial charge in [-0.05, 0) is 26.8 Å². The minimum absolute atomic E-state index is 0.173. The Balaban J connectivity index is 2.12. The SMILES string of the molecule is C=CCNC(=O)C(C)OC(=O)c1cnc2c(cnn2C(C)C)c1. The number of hydrogen-bond acceptors (Lipinski definition) is 5. The molecule has 7 nitrogen and oxygen atoms in total. The lowest BCUT2D eigenvalue weighted by Crippen LogP contribution is -2.35. The number of nitrogens with zero attached hydrogens (tertiary/aromatic N) is 3. The zero-order valence-electron chi connectivity index (χ0n) is 13.4. The highest BCUT2D eigenvalue weighted by molar-refractivity contribution is 5.94. The minimum atomic E-state index is -0.892. The molecule has 1 N–H and O–H groups in total. The smallest absolute Gasteiger partial charge is 0.340 e. The summed E-state index contributed by atoms with van der Waals surface area (Å²) in [5, 5.41) is 7.57. The predicted molar refractivity (Wildman–Crippen MR) is 86.0 cm³/mol. The molecule has 2 aromatic heterocycles. The van der Waals surface area contributed by atoms with Crippen molar-refractivity contribution in [3.8, 4) is 0 Å². The molecule has 0 radical (unpaired) electrons. The average molecular weight is 316 g/mol. The summed E-state index contributed by atoms with van der Waals surface area (Å²) in [5.74, 6) is -0.974. The largest absolute Gasteiger partial charge is 0.449 e. The van der Waals surface area contributed by atoms with Crippen molar-refractivity contribution in [1.29, 1.82) is 0 Å². The van der Waals surface area contributed by atoms with E-state index in [1.54, 1.807) is 23.0 Å². The van der Waals surface area contributed by atoms with Crippen molar-refractivity contribution in [3.63, 3.8) is 0 Å². The van der Waals surface area contributed by atoms with Gasteiger partial charge >= 0.3 is 5.97 Å². The molecule has 0 spiro atoms. The quantitative estimate of drug-likeness (QED) is 0.649. The third-order valence-electron chi connectivity index (χ3n) is 3.23. The fourth-order valence-corrected chi connectivity index (χ4v) is 2.03. The molecule has 0 saturated carbocycles. The molecular weight excluding hydrogens is 296 g/mol. The van der Waals surface area contributed by atoms with Gasteiger partial charge in [0.1, 0.15) is 0 Å². The third-order valence-corrected chi connectivity index (χ3v) is 3.23. The number of aromatic nitrogens is 3. The summed E-state index contributed by atoms with van der Waals surface area (Å²) < 4.78 is 6.92. The lowest BCUT2D eigenvalue weighted by molar-refractivity contribution is -0.128. The number of fused-ring (bicyclic) bond motifs is 1. The fraction of sp³-hybridized carbons (Fsp3) is 0.375. The van der Waals surface area contributed by atoms with Crippen LogP contribution in [0, 0.1) is 0 Å². The summed E-state index contributed by atoms with van der Waals surface area (Å²) in [5.41, 5.74) is 0.984. The van der Waals surface area contributed by atoms with E-state index in [9.17, 15) is 9.59 Å². The fourth-order valence-electron chi connectivity index (χ4n) is 2.03. The number of esters is 1. The first-order valence-corrected chi connectivity index (χ1v) is 7.37. The van der Waals surface area contributed by atoms with Crippen LogP contribution in [0.5, 0.6) is 0 Å². The molecule has 0 aromatic carbocycles. The maximum Gasteiger partial charge on any atom is 0.340 e. The molecule has 23 heavy (non-hydrogen) atoms. The molecule has 0 fully saturated rings. The number of carbonyl (C=O) groups is 2. The van der Waals surface area contributed by atoms with Crippen LogP contribution in [0.25, 0.3) is 11.0 Å². The lowest BCUT2D eigenvalue weighted by atomic mass is 10.2. The lowest BCUT2D eigenvalue weighted by Gasteiger charge is -2.12. The van der Waals surface area contributed by atoms with E-state index in [1.807, 2.05) is 13.8 Å². The van der Waals surface area contributed by atoms with E-state index < -0.39 is 12.1 Å². The standard InChI is InChI=1S/C16H20N4O3/c1-5-6-17-15(21)11(4)23-16(22)13-7-12-9-19-20(10(2)3)14(12)18-8-13/h5,7-11H,1,6H2,2-4H3,(H,17,21). The number of pyridine rings is 1. The van der Waals surface area contributed by atoms with Gasteiger partial charge in [-0.2, -0.15) is 5.10 Å². The van der Waals surface area contributed by atoms with Gasteiger partial charge in [0.25, 0.3) is 5.91 Å². The summed E-state index contributed by atoms with van der Waals surface area (Å²) in [6, 6.07) is 1.83. The van der Waals surface area contributed by atoms with Gasteiger partial charge < -0.3 is 10.1 Å². The topological polar surface area (TPSA) is 86.1 Å². The Kier molecular flexibility index (Phi) is 5.10. The molecule has 7 heteroatoms. The number of ether oxygens (including phenoxy) is 1. The Morgan fingerprint density at radius 2 is 2.13 bits per heavy atom. The molecule has 0 saturated heterocycles. The number of carbonyl (C=O) groups excluding carboxylic acids is 2. The minimum Gasteiger partial charge on any atom is -0.449 e. The first-order valence-electron chi connectivity index (χ1n) is 7.37. The molecule has 0 aliphatic heterocycles. The van der Waals surface area contributed by atoms with Crippen LogP contribution in [0.2, 0.25) is 0 Å². The highest BCUT2D eigenvalue weighted by Gasteiger charge is 2.19. The van der Waals surface area contributed by atoms with Crippen LogP contribution < -0.4 is 5.32 Å². The summed E-state index contributed by atoms with van der Waals surface area (Å²) >= 11 is 0. The van der Waals surface area contributed by atoms with Crippen molar-refractivity contribution in [1.82, 2.24) is 20.1 Å². The molecule has 0 aliphatic rings. The van der Waals surface area contributed by atoms with E-state index in [0.717, 1.165) is 5.39 Å². The summed E-state index contributed by atoms with van der Waals surface area (Å²) in [6.07, 6.45) is 3.74. The van der Waals surface area contributed by atoms with Crippen molar-refractivity contribution in [3.05, 3.63) is 36.7 Å². The van der Waals surface area contributed by atoms with Gasteiger partial charge in [-0.3, -0.25) is 4.79 Å². The van der Waals surface area contributed by atoms with E-state index in [2.05, 4.69) is 22.0 Å². The molecule has 2 aromatic rings. The van der Waals surface area contributed by atoms with E-state index in [4.69, 9.17) is 4.74 Å². The van der Waals surface area contributed by atoms with Gasteiger partial charge in [0, 0.05) is 24.2 Å². The van der Waals surface area contributed by atoms with Crippen molar-refractivity contribution in [2.24, 2.45) is 0 Å². The maximum absolute atomic E-state index is 12.1. The number of nitrogens with one attached hydrogen (secondary N) is 1. The summed E-state index contributed by atoms with van der Waals surface area (Å²) in [4.78, 5) is 28.1. The molecular formula is C16H20N4O3. The Labute approximate surface area is 134 Å². The second-order valence-electron chi connectivity index (χ2n) is 5.40.